The second-order valence-electron chi connectivity index (χ2n) is 10.2. The van der Waals surface area contributed by atoms with Crippen LogP contribution in [0.5, 0.6) is 0 Å². The summed E-state index contributed by atoms with van der Waals surface area (Å²) >= 11 is 0. The number of halogens is 5. The van der Waals surface area contributed by atoms with E-state index in [1.165, 1.54) is 12.1 Å². The molecule has 0 saturated carbocycles. The molecule has 2 fully saturated rings. The fourth-order valence-electron chi connectivity index (χ4n) is 5.49. The van der Waals surface area contributed by atoms with Crippen molar-refractivity contribution < 1.29 is 31.5 Å². The van der Waals surface area contributed by atoms with E-state index in [0.29, 0.717) is 45.3 Å². The maximum Gasteiger partial charge on any atom is 0.394 e. The molecule has 1 spiro atoms. The Hall–Kier alpha value is -3.18. The van der Waals surface area contributed by atoms with E-state index in [1.807, 2.05) is 6.92 Å². The number of likely N-dealkylation sites (tertiary alicyclic amines) is 1. The smallest absolute Gasteiger partial charge is 0.356 e. The Balaban J connectivity index is 1.48. The van der Waals surface area contributed by atoms with Gasteiger partial charge in [0.2, 0.25) is 5.91 Å². The third-order valence-electron chi connectivity index (χ3n) is 7.76. The second kappa shape index (κ2) is 11.3. The number of carbonyl (C=O) groups excluding carboxylic acids is 2. The molecule has 1 aromatic carbocycles. The summed E-state index contributed by atoms with van der Waals surface area (Å²) in [6, 6.07) is 2.79. The molecule has 0 unspecified atom stereocenters. The number of carbonyl (C=O) groups is 2. The van der Waals surface area contributed by atoms with Gasteiger partial charge < -0.3 is 20.5 Å². The molecule has 1 aromatic heterocycles. The van der Waals surface area contributed by atoms with Crippen LogP contribution in [0.3, 0.4) is 0 Å². The molecular weight excluding hydrogens is 509 g/mol. The van der Waals surface area contributed by atoms with E-state index in [1.54, 1.807) is 4.90 Å². The van der Waals surface area contributed by atoms with Crippen LogP contribution in [0.15, 0.2) is 24.4 Å². The number of nitrogens with one attached hydrogen (secondary N) is 3. The highest BCUT2D eigenvalue weighted by Gasteiger charge is 2.45. The number of urea groups is 1. The molecule has 0 aliphatic carbocycles. The van der Waals surface area contributed by atoms with Crippen LogP contribution in [0.4, 0.5) is 26.7 Å². The monoisotopic (exact) mass is 541 g/mol. The van der Waals surface area contributed by atoms with Crippen molar-refractivity contribution in [2.45, 2.75) is 70.0 Å². The Kier molecular flexibility index (Phi) is 8.27. The van der Waals surface area contributed by atoms with Crippen molar-refractivity contribution in [1.82, 2.24) is 25.5 Å². The molecule has 208 valence electrons. The zero-order chi connectivity index (χ0) is 27.5. The topological polar surface area (TPSA) is 90.1 Å². The summed E-state index contributed by atoms with van der Waals surface area (Å²) in [5.41, 5.74) is -0.374. The molecule has 3 amide bonds. The molecule has 2 saturated heterocycles. The van der Waals surface area contributed by atoms with Gasteiger partial charge in [0.05, 0.1) is 17.9 Å². The largest absolute Gasteiger partial charge is 0.394 e. The van der Waals surface area contributed by atoms with Crippen LogP contribution in [0, 0.1) is 17.0 Å². The predicted octanol–water partition coefficient (Wildman–Crippen LogP) is 5.12. The van der Waals surface area contributed by atoms with Crippen molar-refractivity contribution in [3.8, 4) is 0 Å². The molecule has 3 heterocycles. The highest BCUT2D eigenvalue weighted by molar-refractivity contribution is 5.85. The van der Waals surface area contributed by atoms with Gasteiger partial charge in [-0.05, 0) is 56.1 Å². The number of nitrogens with zero attached hydrogens (tertiary/aromatic N) is 2. The summed E-state index contributed by atoms with van der Waals surface area (Å²) in [6.07, 6.45) is -1.67. The number of alkyl halides is 3. The summed E-state index contributed by atoms with van der Waals surface area (Å²) in [5, 5.41) is 5.72. The fraction of sp³-hybridized carbons (Fsp3) is 0.577. The Morgan fingerprint density at radius 2 is 1.92 bits per heavy atom. The summed E-state index contributed by atoms with van der Waals surface area (Å²) in [4.78, 5) is 33.8. The number of amides is 3. The van der Waals surface area contributed by atoms with Gasteiger partial charge in [-0.15, -0.1) is 0 Å². The molecule has 2 aliphatic rings. The Morgan fingerprint density at radius 1 is 1.18 bits per heavy atom. The zero-order valence-corrected chi connectivity index (χ0v) is 21.1. The first kappa shape index (κ1) is 27.8. The lowest BCUT2D eigenvalue weighted by Gasteiger charge is -2.37. The van der Waals surface area contributed by atoms with Crippen molar-refractivity contribution in [2.75, 3.05) is 19.6 Å². The molecule has 2 atom stereocenters. The highest BCUT2D eigenvalue weighted by atomic mass is 19.4. The first-order valence-corrected chi connectivity index (χ1v) is 12.9. The van der Waals surface area contributed by atoms with E-state index in [4.69, 9.17) is 0 Å². The third kappa shape index (κ3) is 6.27. The van der Waals surface area contributed by atoms with Gasteiger partial charge in [-0.1, -0.05) is 19.1 Å². The summed E-state index contributed by atoms with van der Waals surface area (Å²) in [5.74, 6) is -2.07. The lowest BCUT2D eigenvalue weighted by atomic mass is 9.77. The van der Waals surface area contributed by atoms with Gasteiger partial charge in [-0.3, -0.25) is 4.79 Å². The summed E-state index contributed by atoms with van der Waals surface area (Å²) in [6.45, 7) is 3.20. The van der Waals surface area contributed by atoms with Crippen LogP contribution < -0.4 is 10.6 Å². The standard InChI is InChI=1S/C26H32F5N5O2/c1-2-16(18-4-3-5-19(27)21(18)28)6-7-20(22-33-15-17(34-22)14-26(29,30)31)35-24(38)36-12-9-25(10-13-36)8-11-32-23(25)37/h3-5,15-16,20H,2,6-14H2,1H3,(H,32,37)(H,33,34)(H,35,38)/t16-,20+/m0/s1. The molecule has 2 aromatic rings. The number of hydrogen-bond donors (Lipinski definition) is 3. The molecule has 0 radical (unpaired) electrons. The Labute approximate surface area is 217 Å². The number of H-pyrrole nitrogens is 1. The first-order valence-electron chi connectivity index (χ1n) is 12.9. The van der Waals surface area contributed by atoms with Crippen molar-refractivity contribution in [1.29, 1.82) is 0 Å². The zero-order valence-electron chi connectivity index (χ0n) is 21.1. The van der Waals surface area contributed by atoms with Crippen molar-refractivity contribution in [3.63, 3.8) is 0 Å². The number of aromatic amines is 1. The number of imidazole rings is 1. The van der Waals surface area contributed by atoms with Gasteiger partial charge in [-0.2, -0.15) is 13.2 Å². The normalized spacial score (nSPS) is 18.9. The number of rotatable bonds is 8. The van der Waals surface area contributed by atoms with Crippen LogP contribution in [0.2, 0.25) is 0 Å². The number of piperidine rings is 1. The van der Waals surface area contributed by atoms with Gasteiger partial charge in [0.25, 0.3) is 0 Å². The average molecular weight is 542 g/mol. The maximum absolute atomic E-state index is 14.4. The van der Waals surface area contributed by atoms with E-state index in [9.17, 15) is 31.5 Å². The van der Waals surface area contributed by atoms with Crippen LogP contribution in [0.25, 0.3) is 0 Å². The van der Waals surface area contributed by atoms with Crippen molar-refractivity contribution in [3.05, 3.63) is 53.1 Å². The highest BCUT2D eigenvalue weighted by Crippen LogP contribution is 2.38. The number of hydrogen-bond acceptors (Lipinski definition) is 3. The molecule has 4 rings (SSSR count). The molecule has 12 heteroatoms. The second-order valence-corrected chi connectivity index (χ2v) is 10.2. The third-order valence-corrected chi connectivity index (χ3v) is 7.76. The molecule has 2 aliphatic heterocycles. The quantitative estimate of drug-likeness (QED) is 0.406. The van der Waals surface area contributed by atoms with Crippen LogP contribution >= 0.6 is 0 Å². The van der Waals surface area contributed by atoms with E-state index < -0.39 is 41.7 Å². The maximum atomic E-state index is 14.4. The van der Waals surface area contributed by atoms with Gasteiger partial charge in [0.1, 0.15) is 5.82 Å². The molecule has 0 bridgehead atoms. The van der Waals surface area contributed by atoms with Crippen molar-refractivity contribution in [2.24, 2.45) is 5.41 Å². The fourth-order valence-corrected chi connectivity index (χ4v) is 5.49. The molecular formula is C26H32F5N5O2. The van der Waals surface area contributed by atoms with Gasteiger partial charge in [0, 0.05) is 31.5 Å². The predicted molar refractivity (Wildman–Crippen MR) is 129 cm³/mol. The minimum atomic E-state index is -4.43. The van der Waals surface area contributed by atoms with Gasteiger partial charge in [0.15, 0.2) is 11.6 Å². The minimum absolute atomic E-state index is 0.0124. The average Bonchev–Trinajstić information content (AvgIpc) is 3.46. The lowest BCUT2D eigenvalue weighted by Crippen LogP contribution is -2.50. The summed E-state index contributed by atoms with van der Waals surface area (Å²) < 4.78 is 67.0. The number of aromatic nitrogens is 2. The SMILES string of the molecule is CC[C@@H](CC[C@@H](NC(=O)N1CCC2(CCNC2=O)CC1)c1ncc(CC(F)(F)F)[nH]1)c1cccc(F)c1F. The molecule has 38 heavy (non-hydrogen) atoms. The van der Waals surface area contributed by atoms with E-state index in [0.717, 1.165) is 18.7 Å². The van der Waals surface area contributed by atoms with Crippen LogP contribution in [0.1, 0.15) is 74.5 Å². The van der Waals surface area contributed by atoms with Crippen LogP contribution in [-0.4, -0.2) is 52.6 Å². The Morgan fingerprint density at radius 3 is 2.55 bits per heavy atom. The minimum Gasteiger partial charge on any atom is -0.356 e. The molecule has 7 nitrogen and oxygen atoms in total. The summed E-state index contributed by atoms with van der Waals surface area (Å²) in [7, 11) is 0. The Bertz CT molecular complexity index is 1140. The lowest BCUT2D eigenvalue weighted by molar-refractivity contribution is -0.130. The molecule has 3 N–H and O–H groups in total. The van der Waals surface area contributed by atoms with Crippen LogP contribution in [-0.2, 0) is 11.2 Å². The van der Waals surface area contributed by atoms with Gasteiger partial charge >= 0.3 is 12.2 Å². The first-order chi connectivity index (χ1) is 18.0. The van der Waals surface area contributed by atoms with Crippen molar-refractivity contribution >= 4 is 11.9 Å². The van der Waals surface area contributed by atoms with E-state index in [2.05, 4.69) is 20.6 Å². The van der Waals surface area contributed by atoms with E-state index >= 15 is 0 Å². The number of benzene rings is 1. The van der Waals surface area contributed by atoms with Gasteiger partial charge in [-0.25, -0.2) is 18.6 Å². The van der Waals surface area contributed by atoms with E-state index in [-0.39, 0.29) is 35.3 Å².